The maximum atomic E-state index is 6.19. The van der Waals surface area contributed by atoms with E-state index in [-0.39, 0.29) is 5.60 Å². The molecule has 0 aromatic heterocycles. The van der Waals surface area contributed by atoms with Crippen LogP contribution in [-0.4, -0.2) is 42.7 Å². The van der Waals surface area contributed by atoms with E-state index in [1.165, 1.54) is 38.5 Å². The van der Waals surface area contributed by atoms with Gasteiger partial charge in [0, 0.05) is 26.2 Å². The molecule has 2 atom stereocenters. The molecule has 2 saturated heterocycles. The molecule has 1 saturated carbocycles. The first-order chi connectivity index (χ1) is 9.67. The molecular weight excluding hydrogens is 250 g/mol. The van der Waals surface area contributed by atoms with Crippen molar-refractivity contribution in [2.45, 2.75) is 57.5 Å². The zero-order valence-electron chi connectivity index (χ0n) is 12.8. The van der Waals surface area contributed by atoms with Crippen LogP contribution < -0.4 is 5.73 Å². The van der Waals surface area contributed by atoms with Gasteiger partial charge < -0.3 is 15.4 Å². The lowest BCUT2D eigenvalue weighted by Crippen LogP contribution is -2.46. The molecule has 0 radical (unpaired) electrons. The summed E-state index contributed by atoms with van der Waals surface area (Å²) in [6.07, 6.45) is 8.77. The summed E-state index contributed by atoms with van der Waals surface area (Å²) >= 11 is 0. The highest BCUT2D eigenvalue weighted by Crippen LogP contribution is 2.44. The van der Waals surface area contributed by atoms with Gasteiger partial charge in [0.1, 0.15) is 0 Å². The number of rotatable bonds is 2. The van der Waals surface area contributed by atoms with Gasteiger partial charge in [0.2, 0.25) is 0 Å². The monoisotopic (exact) mass is 279 g/mol. The highest BCUT2D eigenvalue weighted by atomic mass is 16.5. The maximum Gasteiger partial charge on any atom is 0.191 e. The smallest absolute Gasteiger partial charge is 0.191 e. The van der Waals surface area contributed by atoms with Crippen molar-refractivity contribution in [2.24, 2.45) is 22.6 Å². The Balaban J connectivity index is 1.50. The van der Waals surface area contributed by atoms with E-state index in [0.717, 1.165) is 44.5 Å². The van der Waals surface area contributed by atoms with E-state index in [4.69, 9.17) is 15.5 Å². The minimum atomic E-state index is 0.229. The minimum absolute atomic E-state index is 0.229. The Morgan fingerprint density at radius 1 is 1.35 bits per heavy atom. The molecule has 2 aliphatic heterocycles. The number of ether oxygens (including phenoxy) is 1. The molecule has 4 heteroatoms. The second-order valence-electron chi connectivity index (χ2n) is 7.14. The molecule has 114 valence electrons. The average molecular weight is 279 g/mol. The molecule has 20 heavy (non-hydrogen) atoms. The molecule has 1 spiro atoms. The zero-order chi connectivity index (χ0) is 14.0. The fourth-order valence-electron chi connectivity index (χ4n) is 3.92. The Kier molecular flexibility index (Phi) is 4.20. The van der Waals surface area contributed by atoms with Crippen LogP contribution in [0.25, 0.3) is 0 Å². The molecule has 3 fully saturated rings. The van der Waals surface area contributed by atoms with Crippen LogP contribution in [-0.2, 0) is 4.74 Å². The Morgan fingerprint density at radius 2 is 2.20 bits per heavy atom. The number of guanidine groups is 1. The Bertz CT molecular complexity index is 365. The van der Waals surface area contributed by atoms with Crippen LogP contribution in [0.2, 0.25) is 0 Å². The normalized spacial score (nSPS) is 34.0. The first kappa shape index (κ1) is 14.2. The lowest BCUT2D eigenvalue weighted by molar-refractivity contribution is -0.141. The first-order valence-corrected chi connectivity index (χ1v) is 8.36. The van der Waals surface area contributed by atoms with Gasteiger partial charge in [-0.1, -0.05) is 6.92 Å². The van der Waals surface area contributed by atoms with Gasteiger partial charge in [0.25, 0.3) is 0 Å². The first-order valence-electron chi connectivity index (χ1n) is 8.36. The standard InChI is InChI=1S/C16H29N3O/c1-13-4-2-8-19(12-13)15(17)18-11-14-5-9-20-16(10-14)6-3-7-16/h13-14H,2-12H2,1H3,(H2,17,18). The van der Waals surface area contributed by atoms with Gasteiger partial charge in [-0.15, -0.1) is 0 Å². The predicted octanol–water partition coefficient (Wildman–Crippen LogP) is 2.38. The summed E-state index contributed by atoms with van der Waals surface area (Å²) in [6.45, 7) is 6.27. The minimum Gasteiger partial charge on any atom is -0.375 e. The van der Waals surface area contributed by atoms with E-state index in [0.29, 0.717) is 5.92 Å². The second kappa shape index (κ2) is 5.92. The van der Waals surface area contributed by atoms with Crippen LogP contribution in [0.4, 0.5) is 0 Å². The summed E-state index contributed by atoms with van der Waals surface area (Å²) in [5.41, 5.74) is 6.42. The van der Waals surface area contributed by atoms with Crippen molar-refractivity contribution in [1.29, 1.82) is 0 Å². The van der Waals surface area contributed by atoms with Gasteiger partial charge in [-0.05, 0) is 56.8 Å². The largest absolute Gasteiger partial charge is 0.375 e. The third-order valence-corrected chi connectivity index (χ3v) is 5.35. The number of nitrogens with two attached hydrogens (primary N) is 1. The molecule has 0 aromatic rings. The number of nitrogens with zero attached hydrogens (tertiary/aromatic N) is 2. The fourth-order valence-corrected chi connectivity index (χ4v) is 3.92. The van der Waals surface area contributed by atoms with E-state index in [2.05, 4.69) is 11.8 Å². The van der Waals surface area contributed by atoms with Gasteiger partial charge >= 0.3 is 0 Å². The number of aliphatic imine (C=N–C) groups is 1. The third kappa shape index (κ3) is 3.11. The van der Waals surface area contributed by atoms with E-state index >= 15 is 0 Å². The summed E-state index contributed by atoms with van der Waals surface area (Å²) < 4.78 is 5.98. The quantitative estimate of drug-likeness (QED) is 0.624. The zero-order valence-corrected chi connectivity index (χ0v) is 12.8. The van der Waals surface area contributed by atoms with Crippen molar-refractivity contribution in [3.63, 3.8) is 0 Å². The summed E-state index contributed by atoms with van der Waals surface area (Å²) in [4.78, 5) is 6.97. The summed E-state index contributed by atoms with van der Waals surface area (Å²) in [5, 5.41) is 0. The van der Waals surface area contributed by atoms with Crippen molar-refractivity contribution in [2.75, 3.05) is 26.2 Å². The molecule has 0 aromatic carbocycles. The molecule has 0 bridgehead atoms. The van der Waals surface area contributed by atoms with Crippen LogP contribution >= 0.6 is 0 Å². The van der Waals surface area contributed by atoms with E-state index < -0.39 is 0 Å². The number of hydrogen-bond donors (Lipinski definition) is 1. The lowest BCUT2D eigenvalue weighted by Gasteiger charge is -2.47. The van der Waals surface area contributed by atoms with Gasteiger partial charge in [0.05, 0.1) is 5.60 Å². The van der Waals surface area contributed by atoms with Crippen LogP contribution in [0, 0.1) is 11.8 Å². The van der Waals surface area contributed by atoms with Crippen LogP contribution in [0.15, 0.2) is 4.99 Å². The molecule has 2 heterocycles. The average Bonchev–Trinajstić information content (AvgIpc) is 2.43. The van der Waals surface area contributed by atoms with Crippen LogP contribution in [0.1, 0.15) is 51.9 Å². The summed E-state index contributed by atoms with van der Waals surface area (Å²) in [6, 6.07) is 0. The van der Waals surface area contributed by atoms with Crippen LogP contribution in [0.5, 0.6) is 0 Å². The van der Waals surface area contributed by atoms with Crippen molar-refractivity contribution >= 4 is 5.96 Å². The number of likely N-dealkylation sites (tertiary alicyclic amines) is 1. The Labute approximate surface area is 122 Å². The molecule has 4 nitrogen and oxygen atoms in total. The van der Waals surface area contributed by atoms with Crippen LogP contribution in [0.3, 0.4) is 0 Å². The highest BCUT2D eigenvalue weighted by molar-refractivity contribution is 5.78. The fraction of sp³-hybridized carbons (Fsp3) is 0.938. The van der Waals surface area contributed by atoms with Gasteiger partial charge in [-0.3, -0.25) is 4.99 Å². The highest BCUT2D eigenvalue weighted by Gasteiger charge is 2.42. The topological polar surface area (TPSA) is 50.8 Å². The van der Waals surface area contributed by atoms with Gasteiger partial charge in [-0.2, -0.15) is 0 Å². The third-order valence-electron chi connectivity index (χ3n) is 5.35. The summed E-state index contributed by atoms with van der Waals surface area (Å²) in [5.74, 6) is 2.19. The Hall–Kier alpha value is -0.770. The van der Waals surface area contributed by atoms with Crippen molar-refractivity contribution in [1.82, 2.24) is 4.90 Å². The molecule has 3 rings (SSSR count). The van der Waals surface area contributed by atoms with Crippen molar-refractivity contribution in [3.05, 3.63) is 0 Å². The second-order valence-corrected chi connectivity index (χ2v) is 7.14. The van der Waals surface area contributed by atoms with Gasteiger partial charge in [0.15, 0.2) is 5.96 Å². The number of piperidine rings is 1. The summed E-state index contributed by atoms with van der Waals surface area (Å²) in [7, 11) is 0. The molecule has 2 unspecified atom stereocenters. The molecule has 3 aliphatic rings. The molecule has 0 amide bonds. The molecule has 2 N–H and O–H groups in total. The van der Waals surface area contributed by atoms with E-state index in [1.807, 2.05) is 0 Å². The van der Waals surface area contributed by atoms with Gasteiger partial charge in [-0.25, -0.2) is 0 Å². The SMILES string of the molecule is CC1CCCN(C(N)=NCC2CCOC3(CCC3)C2)C1. The van der Waals surface area contributed by atoms with Crippen molar-refractivity contribution in [3.8, 4) is 0 Å². The van der Waals surface area contributed by atoms with Crippen molar-refractivity contribution < 1.29 is 4.74 Å². The molecule has 1 aliphatic carbocycles. The maximum absolute atomic E-state index is 6.19. The van der Waals surface area contributed by atoms with E-state index in [9.17, 15) is 0 Å². The van der Waals surface area contributed by atoms with E-state index in [1.54, 1.807) is 0 Å². The number of hydrogen-bond acceptors (Lipinski definition) is 2. The molecular formula is C16H29N3O. The predicted molar refractivity (Wildman–Crippen MR) is 81.7 cm³/mol. The Morgan fingerprint density at radius 3 is 2.90 bits per heavy atom. The lowest BCUT2D eigenvalue weighted by atomic mass is 9.72.